The van der Waals surface area contributed by atoms with Crippen molar-refractivity contribution >= 4 is 23.2 Å². The maximum atomic E-state index is 13.2. The van der Waals surface area contributed by atoms with Crippen LogP contribution in [0.5, 0.6) is 0 Å². The fourth-order valence-electron chi connectivity index (χ4n) is 1.80. The molecule has 4 nitrogen and oxygen atoms in total. The topological polar surface area (TPSA) is 63.4 Å². The maximum absolute atomic E-state index is 13.2. The SMILES string of the molecule is NC(=O)CN(Cc1cccc(F)c1)C(=O)c1cccs1. The Bertz CT molecular complexity index is 613. The molecule has 2 aromatic rings. The van der Waals surface area contributed by atoms with Crippen molar-refractivity contribution in [3.05, 3.63) is 58.0 Å². The lowest BCUT2D eigenvalue weighted by Crippen LogP contribution is -2.37. The van der Waals surface area contributed by atoms with Crippen molar-refractivity contribution in [1.82, 2.24) is 4.90 Å². The smallest absolute Gasteiger partial charge is 0.264 e. The van der Waals surface area contributed by atoms with Crippen LogP contribution in [0.4, 0.5) is 4.39 Å². The van der Waals surface area contributed by atoms with Gasteiger partial charge < -0.3 is 10.6 Å². The van der Waals surface area contributed by atoms with E-state index < -0.39 is 5.91 Å². The van der Waals surface area contributed by atoms with Crippen molar-refractivity contribution in [2.45, 2.75) is 6.54 Å². The number of nitrogens with two attached hydrogens (primary N) is 1. The molecule has 0 saturated carbocycles. The van der Waals surface area contributed by atoms with Crippen LogP contribution in [0.2, 0.25) is 0 Å². The molecule has 1 aromatic carbocycles. The molecule has 0 radical (unpaired) electrons. The van der Waals surface area contributed by atoms with Crippen molar-refractivity contribution in [3.63, 3.8) is 0 Å². The van der Waals surface area contributed by atoms with Crippen LogP contribution in [0, 0.1) is 5.82 Å². The Balaban J connectivity index is 2.19. The van der Waals surface area contributed by atoms with Crippen molar-refractivity contribution in [1.29, 1.82) is 0 Å². The minimum absolute atomic E-state index is 0.136. The number of rotatable bonds is 5. The van der Waals surface area contributed by atoms with E-state index in [9.17, 15) is 14.0 Å². The van der Waals surface area contributed by atoms with Crippen LogP contribution in [0.1, 0.15) is 15.2 Å². The summed E-state index contributed by atoms with van der Waals surface area (Å²) in [5.41, 5.74) is 5.77. The van der Waals surface area contributed by atoms with E-state index in [-0.39, 0.29) is 24.8 Å². The van der Waals surface area contributed by atoms with Gasteiger partial charge in [0, 0.05) is 6.54 Å². The number of halogens is 1. The molecule has 2 amide bonds. The van der Waals surface area contributed by atoms with E-state index >= 15 is 0 Å². The van der Waals surface area contributed by atoms with E-state index in [1.165, 1.54) is 28.4 Å². The van der Waals surface area contributed by atoms with E-state index in [1.54, 1.807) is 29.6 Å². The summed E-state index contributed by atoms with van der Waals surface area (Å²) >= 11 is 1.28. The molecule has 2 N–H and O–H groups in total. The van der Waals surface area contributed by atoms with Crippen LogP contribution >= 0.6 is 11.3 Å². The van der Waals surface area contributed by atoms with Gasteiger partial charge in [-0.2, -0.15) is 0 Å². The highest BCUT2D eigenvalue weighted by Gasteiger charge is 2.19. The Kier molecular flexibility index (Phi) is 4.47. The Labute approximate surface area is 119 Å². The maximum Gasteiger partial charge on any atom is 0.264 e. The van der Waals surface area contributed by atoms with Crippen LogP contribution in [0.25, 0.3) is 0 Å². The molecule has 1 heterocycles. The van der Waals surface area contributed by atoms with E-state index in [2.05, 4.69) is 0 Å². The van der Waals surface area contributed by atoms with Gasteiger partial charge in [-0.3, -0.25) is 9.59 Å². The molecule has 0 aliphatic heterocycles. The van der Waals surface area contributed by atoms with Crippen molar-refractivity contribution in [3.8, 4) is 0 Å². The molecular formula is C14H13FN2O2S. The summed E-state index contributed by atoms with van der Waals surface area (Å²) in [6.07, 6.45) is 0. The zero-order valence-electron chi connectivity index (χ0n) is 10.6. The third kappa shape index (κ3) is 3.64. The fraction of sp³-hybridized carbons (Fsp3) is 0.143. The second-order valence-electron chi connectivity index (χ2n) is 4.23. The summed E-state index contributed by atoms with van der Waals surface area (Å²) < 4.78 is 13.2. The summed E-state index contributed by atoms with van der Waals surface area (Å²) in [5.74, 6) is -1.28. The number of primary amides is 1. The van der Waals surface area contributed by atoms with Gasteiger partial charge in [-0.25, -0.2) is 4.39 Å². The highest BCUT2D eigenvalue weighted by atomic mass is 32.1. The average molecular weight is 292 g/mol. The highest BCUT2D eigenvalue weighted by molar-refractivity contribution is 7.12. The Morgan fingerprint density at radius 2 is 2.05 bits per heavy atom. The predicted octanol–water partition coefficient (Wildman–Crippen LogP) is 2.01. The molecule has 0 bridgehead atoms. The Hall–Kier alpha value is -2.21. The summed E-state index contributed by atoms with van der Waals surface area (Å²) in [4.78, 5) is 25.2. The highest BCUT2D eigenvalue weighted by Crippen LogP contribution is 2.15. The van der Waals surface area contributed by atoms with Gasteiger partial charge in [-0.1, -0.05) is 18.2 Å². The van der Waals surface area contributed by atoms with Crippen LogP contribution in [0.3, 0.4) is 0 Å². The van der Waals surface area contributed by atoms with Crippen molar-refractivity contribution in [2.75, 3.05) is 6.54 Å². The minimum atomic E-state index is -0.605. The number of nitrogens with zero attached hydrogens (tertiary/aromatic N) is 1. The van der Waals surface area contributed by atoms with Gasteiger partial charge in [0.2, 0.25) is 5.91 Å². The monoisotopic (exact) mass is 292 g/mol. The van der Waals surface area contributed by atoms with Gasteiger partial charge in [0.15, 0.2) is 0 Å². The Morgan fingerprint density at radius 1 is 1.25 bits per heavy atom. The molecule has 20 heavy (non-hydrogen) atoms. The summed E-state index contributed by atoms with van der Waals surface area (Å²) in [5, 5.41) is 1.78. The zero-order valence-corrected chi connectivity index (χ0v) is 11.4. The number of hydrogen-bond acceptors (Lipinski definition) is 3. The lowest BCUT2D eigenvalue weighted by Gasteiger charge is -2.20. The second kappa shape index (κ2) is 6.29. The zero-order chi connectivity index (χ0) is 14.5. The first kappa shape index (κ1) is 14.2. The molecule has 104 valence electrons. The molecule has 1 aromatic heterocycles. The second-order valence-corrected chi connectivity index (χ2v) is 5.18. The molecule has 0 spiro atoms. The van der Waals surface area contributed by atoms with Crippen molar-refractivity contribution < 1.29 is 14.0 Å². The average Bonchev–Trinajstić information content (AvgIpc) is 2.90. The minimum Gasteiger partial charge on any atom is -0.368 e. The molecule has 2 rings (SSSR count). The molecular weight excluding hydrogens is 279 g/mol. The number of amides is 2. The van der Waals surface area contributed by atoms with Gasteiger partial charge in [0.1, 0.15) is 12.4 Å². The number of hydrogen-bond donors (Lipinski definition) is 1. The van der Waals surface area contributed by atoms with E-state index in [1.807, 2.05) is 0 Å². The van der Waals surface area contributed by atoms with Crippen molar-refractivity contribution in [2.24, 2.45) is 5.73 Å². The first-order valence-electron chi connectivity index (χ1n) is 5.92. The molecule has 0 unspecified atom stereocenters. The number of benzene rings is 1. The largest absolute Gasteiger partial charge is 0.368 e. The third-order valence-electron chi connectivity index (χ3n) is 2.63. The van der Waals surface area contributed by atoms with Crippen LogP contribution in [0.15, 0.2) is 41.8 Å². The summed E-state index contributed by atoms with van der Waals surface area (Å²) in [6.45, 7) is -0.0648. The number of carbonyl (C=O) groups is 2. The quantitative estimate of drug-likeness (QED) is 0.916. The molecule has 0 aliphatic carbocycles. The Morgan fingerprint density at radius 3 is 2.65 bits per heavy atom. The normalized spacial score (nSPS) is 10.2. The summed E-state index contributed by atoms with van der Waals surface area (Å²) in [6, 6.07) is 9.33. The first-order chi connectivity index (χ1) is 9.56. The fourth-order valence-corrected chi connectivity index (χ4v) is 2.49. The van der Waals surface area contributed by atoms with Gasteiger partial charge in [-0.05, 0) is 29.1 Å². The number of thiophene rings is 1. The molecule has 0 fully saturated rings. The molecule has 0 atom stereocenters. The van der Waals surface area contributed by atoms with Gasteiger partial charge in [0.25, 0.3) is 5.91 Å². The predicted molar refractivity (Wildman–Crippen MR) is 74.7 cm³/mol. The van der Waals surface area contributed by atoms with E-state index in [0.717, 1.165) is 0 Å². The van der Waals surface area contributed by atoms with Gasteiger partial charge >= 0.3 is 0 Å². The van der Waals surface area contributed by atoms with Crippen LogP contribution in [-0.2, 0) is 11.3 Å². The third-order valence-corrected chi connectivity index (χ3v) is 3.49. The first-order valence-corrected chi connectivity index (χ1v) is 6.80. The van der Waals surface area contributed by atoms with Gasteiger partial charge in [0.05, 0.1) is 4.88 Å². The van der Waals surface area contributed by atoms with Crippen LogP contribution in [-0.4, -0.2) is 23.3 Å². The van der Waals surface area contributed by atoms with E-state index in [0.29, 0.717) is 10.4 Å². The summed E-state index contributed by atoms with van der Waals surface area (Å²) in [7, 11) is 0. The van der Waals surface area contributed by atoms with E-state index in [4.69, 9.17) is 5.73 Å². The molecule has 0 saturated heterocycles. The van der Waals surface area contributed by atoms with Crippen LogP contribution < -0.4 is 5.73 Å². The van der Waals surface area contributed by atoms with Gasteiger partial charge in [-0.15, -0.1) is 11.3 Å². The number of carbonyl (C=O) groups excluding carboxylic acids is 2. The standard InChI is InChI=1S/C14H13FN2O2S/c15-11-4-1-3-10(7-11)8-17(9-13(16)18)14(19)12-5-2-6-20-12/h1-7H,8-9H2,(H2,16,18). The lowest BCUT2D eigenvalue weighted by molar-refractivity contribution is -0.118. The molecule has 0 aliphatic rings. The lowest BCUT2D eigenvalue weighted by atomic mass is 10.2. The molecule has 6 heteroatoms.